The summed E-state index contributed by atoms with van der Waals surface area (Å²) in [6.45, 7) is 0.404. The van der Waals surface area contributed by atoms with Crippen LogP contribution in [-0.4, -0.2) is 37.9 Å². The van der Waals surface area contributed by atoms with Gasteiger partial charge in [0.1, 0.15) is 5.75 Å². The molecule has 2 aromatic carbocycles. The van der Waals surface area contributed by atoms with E-state index >= 15 is 0 Å². The van der Waals surface area contributed by atoms with E-state index in [1.807, 2.05) is 24.3 Å². The average molecular weight is 456 g/mol. The molecule has 0 fully saturated rings. The molecule has 1 amide bonds. The lowest BCUT2D eigenvalue weighted by Gasteiger charge is -2.10. The minimum Gasteiger partial charge on any atom is -0.495 e. The fraction of sp³-hybridized carbons (Fsp3) is 0.143. The molecule has 0 atom stereocenters. The van der Waals surface area contributed by atoms with Gasteiger partial charge in [-0.3, -0.25) is 18.6 Å². The fourth-order valence-electron chi connectivity index (χ4n) is 2.97. The summed E-state index contributed by atoms with van der Waals surface area (Å²) >= 11 is 7.07. The van der Waals surface area contributed by atoms with E-state index in [1.54, 1.807) is 48.2 Å². The van der Waals surface area contributed by atoms with E-state index in [0.29, 0.717) is 28.2 Å². The normalized spacial score (nSPS) is 10.9. The van der Waals surface area contributed by atoms with Crippen molar-refractivity contribution in [2.45, 2.75) is 11.7 Å². The quantitative estimate of drug-likeness (QED) is 0.431. The molecule has 0 saturated heterocycles. The Labute approximate surface area is 186 Å². The first-order chi connectivity index (χ1) is 15.1. The third kappa shape index (κ3) is 4.57. The molecule has 2 aromatic heterocycles. The van der Waals surface area contributed by atoms with Crippen LogP contribution in [0.25, 0.3) is 11.3 Å². The molecule has 8 nitrogen and oxygen atoms in total. The Balaban J connectivity index is 1.47. The van der Waals surface area contributed by atoms with Crippen LogP contribution in [0.15, 0.2) is 70.9 Å². The number of hydrogen-bond donors (Lipinski definition) is 1. The van der Waals surface area contributed by atoms with E-state index in [0.717, 1.165) is 5.56 Å². The molecule has 0 aliphatic heterocycles. The minimum absolute atomic E-state index is 0.143. The van der Waals surface area contributed by atoms with Crippen molar-refractivity contribution in [1.82, 2.24) is 24.5 Å². The number of rotatable bonds is 7. The first-order valence-corrected chi connectivity index (χ1v) is 10.7. The molecule has 2 heterocycles. The molecule has 0 spiro atoms. The molecule has 0 bridgehead atoms. The van der Waals surface area contributed by atoms with Crippen molar-refractivity contribution in [3.05, 3.63) is 81.9 Å². The van der Waals surface area contributed by atoms with Crippen molar-refractivity contribution < 1.29 is 9.53 Å². The van der Waals surface area contributed by atoms with Gasteiger partial charge in [-0.2, -0.15) is 0 Å². The van der Waals surface area contributed by atoms with Crippen molar-refractivity contribution >= 4 is 34.9 Å². The molecule has 31 heavy (non-hydrogen) atoms. The van der Waals surface area contributed by atoms with Crippen molar-refractivity contribution in [2.75, 3.05) is 12.9 Å². The largest absolute Gasteiger partial charge is 0.495 e. The van der Waals surface area contributed by atoms with Crippen molar-refractivity contribution in [2.24, 2.45) is 0 Å². The highest BCUT2D eigenvalue weighted by Crippen LogP contribution is 2.21. The molecule has 0 radical (unpaired) electrons. The fourth-order valence-corrected chi connectivity index (χ4v) is 3.84. The standard InChI is InChI=1S/C21H18ClN5O3S/c1-30-17-5-3-2-4-16(17)26-10-11-27-19(20(26)29)24-25-21(27)31-13-18(28)23-12-14-6-8-15(22)9-7-14/h2-11H,12-13H2,1H3,(H,23,28). The lowest BCUT2D eigenvalue weighted by molar-refractivity contribution is -0.118. The third-order valence-corrected chi connectivity index (χ3v) is 5.71. The highest BCUT2D eigenvalue weighted by Gasteiger charge is 2.15. The minimum atomic E-state index is -0.335. The van der Waals surface area contributed by atoms with Gasteiger partial charge in [-0.25, -0.2) is 0 Å². The summed E-state index contributed by atoms with van der Waals surface area (Å²) in [6, 6.07) is 14.5. The number of amides is 1. The van der Waals surface area contributed by atoms with Crippen molar-refractivity contribution in [3.63, 3.8) is 0 Å². The number of para-hydroxylation sites is 2. The number of carbonyl (C=O) groups is 1. The predicted molar refractivity (Wildman–Crippen MR) is 119 cm³/mol. The van der Waals surface area contributed by atoms with Crippen LogP contribution in [-0.2, 0) is 11.3 Å². The Morgan fingerprint density at radius 1 is 1.13 bits per heavy atom. The van der Waals surface area contributed by atoms with E-state index in [9.17, 15) is 9.59 Å². The number of fused-ring (bicyclic) bond motifs is 1. The number of nitrogens with one attached hydrogen (secondary N) is 1. The summed E-state index contributed by atoms with van der Waals surface area (Å²) in [5.41, 5.74) is 1.39. The van der Waals surface area contributed by atoms with E-state index in [4.69, 9.17) is 16.3 Å². The number of aromatic nitrogens is 4. The second kappa shape index (κ2) is 9.23. The van der Waals surface area contributed by atoms with E-state index in [-0.39, 0.29) is 22.9 Å². The van der Waals surface area contributed by atoms with Crippen molar-refractivity contribution in [1.29, 1.82) is 0 Å². The highest BCUT2D eigenvalue weighted by atomic mass is 35.5. The molecule has 0 saturated carbocycles. The molecule has 0 unspecified atom stereocenters. The van der Waals surface area contributed by atoms with Crippen LogP contribution >= 0.6 is 23.4 Å². The monoisotopic (exact) mass is 455 g/mol. The van der Waals surface area contributed by atoms with Gasteiger partial charge in [0.2, 0.25) is 11.6 Å². The second-order valence-corrected chi connectivity index (χ2v) is 7.89. The van der Waals surface area contributed by atoms with Gasteiger partial charge in [0.25, 0.3) is 0 Å². The molecular formula is C21H18ClN5O3S. The van der Waals surface area contributed by atoms with Gasteiger partial charge in [-0.1, -0.05) is 47.6 Å². The summed E-state index contributed by atoms with van der Waals surface area (Å²) in [4.78, 5) is 25.1. The molecular weight excluding hydrogens is 438 g/mol. The van der Waals surface area contributed by atoms with Crippen LogP contribution in [0.1, 0.15) is 5.56 Å². The maximum absolute atomic E-state index is 12.9. The molecule has 10 heteroatoms. The van der Waals surface area contributed by atoms with Gasteiger partial charge >= 0.3 is 5.56 Å². The summed E-state index contributed by atoms with van der Waals surface area (Å²) in [7, 11) is 1.55. The lowest BCUT2D eigenvalue weighted by Crippen LogP contribution is -2.24. The second-order valence-electron chi connectivity index (χ2n) is 6.51. The molecule has 158 valence electrons. The molecule has 4 rings (SSSR count). The number of methoxy groups -OCH3 is 1. The van der Waals surface area contributed by atoms with Crippen LogP contribution in [0, 0.1) is 0 Å². The summed E-state index contributed by atoms with van der Waals surface area (Å²) < 4.78 is 8.37. The van der Waals surface area contributed by atoms with Crippen LogP contribution < -0.4 is 15.6 Å². The number of halogens is 1. The summed E-state index contributed by atoms with van der Waals surface area (Å²) in [5.74, 6) is 0.559. The molecule has 0 aliphatic rings. The predicted octanol–water partition coefficient (Wildman–Crippen LogP) is 2.95. The maximum atomic E-state index is 12.9. The van der Waals surface area contributed by atoms with E-state index in [1.165, 1.54) is 16.3 Å². The Bertz CT molecular complexity index is 1290. The highest BCUT2D eigenvalue weighted by molar-refractivity contribution is 7.99. The van der Waals surface area contributed by atoms with Gasteiger partial charge in [0, 0.05) is 24.0 Å². The summed E-state index contributed by atoms with van der Waals surface area (Å²) in [6.07, 6.45) is 3.32. The number of ether oxygens (including phenoxy) is 1. The van der Waals surface area contributed by atoms with Crippen LogP contribution in [0.3, 0.4) is 0 Å². The lowest BCUT2D eigenvalue weighted by atomic mass is 10.2. The Kier molecular flexibility index (Phi) is 6.24. The van der Waals surface area contributed by atoms with Crippen LogP contribution in [0.4, 0.5) is 0 Å². The van der Waals surface area contributed by atoms with Gasteiger partial charge in [0.05, 0.1) is 18.6 Å². The van der Waals surface area contributed by atoms with Gasteiger partial charge in [0.15, 0.2) is 5.16 Å². The zero-order valence-electron chi connectivity index (χ0n) is 16.5. The number of carbonyl (C=O) groups excluding carboxylic acids is 1. The maximum Gasteiger partial charge on any atom is 0.300 e. The smallest absolute Gasteiger partial charge is 0.300 e. The number of benzene rings is 2. The molecule has 4 aromatic rings. The van der Waals surface area contributed by atoms with Crippen LogP contribution in [0.5, 0.6) is 5.75 Å². The topological polar surface area (TPSA) is 90.5 Å². The zero-order chi connectivity index (χ0) is 21.8. The molecule has 1 N–H and O–H groups in total. The molecule has 0 aliphatic carbocycles. The first kappa shape index (κ1) is 21.0. The Morgan fingerprint density at radius 2 is 1.90 bits per heavy atom. The van der Waals surface area contributed by atoms with Crippen molar-refractivity contribution in [3.8, 4) is 11.4 Å². The Morgan fingerprint density at radius 3 is 2.68 bits per heavy atom. The Hall–Kier alpha value is -3.30. The number of nitrogens with zero attached hydrogens (tertiary/aromatic N) is 4. The van der Waals surface area contributed by atoms with Gasteiger partial charge in [-0.15, -0.1) is 10.2 Å². The van der Waals surface area contributed by atoms with Gasteiger partial charge in [-0.05, 0) is 29.8 Å². The number of hydrogen-bond acceptors (Lipinski definition) is 6. The third-order valence-electron chi connectivity index (χ3n) is 4.52. The first-order valence-electron chi connectivity index (χ1n) is 9.30. The van der Waals surface area contributed by atoms with E-state index < -0.39 is 0 Å². The number of thioether (sulfide) groups is 1. The SMILES string of the molecule is COc1ccccc1-n1ccn2c(SCC(=O)NCc3ccc(Cl)cc3)nnc2c1=O. The average Bonchev–Trinajstić information content (AvgIpc) is 3.21. The summed E-state index contributed by atoms with van der Waals surface area (Å²) in [5, 5.41) is 12.0. The zero-order valence-corrected chi connectivity index (χ0v) is 18.1. The van der Waals surface area contributed by atoms with Gasteiger partial charge < -0.3 is 10.1 Å². The van der Waals surface area contributed by atoms with E-state index in [2.05, 4.69) is 15.5 Å². The van der Waals surface area contributed by atoms with Crippen LogP contribution in [0.2, 0.25) is 5.02 Å².